The zero-order valence-electron chi connectivity index (χ0n) is 17.3. The zero-order chi connectivity index (χ0) is 22.5. The number of nitrogens with two attached hydrogens (primary N) is 1. The number of rotatable bonds is 8. The van der Waals surface area contributed by atoms with Gasteiger partial charge in [0, 0.05) is 16.5 Å². The lowest BCUT2D eigenvalue weighted by Gasteiger charge is -2.47. The van der Waals surface area contributed by atoms with E-state index in [0.717, 1.165) is 11.1 Å². The molecule has 1 aliphatic heterocycles. The van der Waals surface area contributed by atoms with Crippen LogP contribution >= 0.6 is 23.2 Å². The summed E-state index contributed by atoms with van der Waals surface area (Å²) in [6.45, 7) is 5.71. The Morgan fingerprint density at radius 1 is 1.13 bits per heavy atom. The van der Waals surface area contributed by atoms with Crippen molar-refractivity contribution in [2.45, 2.75) is 50.5 Å². The summed E-state index contributed by atoms with van der Waals surface area (Å²) >= 11 is 12.2. The van der Waals surface area contributed by atoms with Gasteiger partial charge in [0.25, 0.3) is 5.91 Å². The maximum Gasteiger partial charge on any atom is 0.253 e. The van der Waals surface area contributed by atoms with Crippen LogP contribution in [0.15, 0.2) is 61.2 Å². The van der Waals surface area contributed by atoms with Crippen LogP contribution in [0.4, 0.5) is 0 Å². The van der Waals surface area contributed by atoms with E-state index in [-0.39, 0.29) is 5.91 Å². The van der Waals surface area contributed by atoms with E-state index in [0.29, 0.717) is 29.3 Å². The molecule has 0 unspecified atom stereocenters. The second-order valence-electron chi connectivity index (χ2n) is 7.57. The predicted molar refractivity (Wildman–Crippen MR) is 123 cm³/mol. The van der Waals surface area contributed by atoms with Gasteiger partial charge in [-0.2, -0.15) is 0 Å². The Morgan fingerprint density at radius 2 is 1.68 bits per heavy atom. The molecular formula is C24H26Cl2N2O3. The summed E-state index contributed by atoms with van der Waals surface area (Å²) in [6.07, 6.45) is 1.83. The molecule has 5 nitrogen and oxygen atoms in total. The Bertz CT molecular complexity index is 931. The fraction of sp³-hybridized carbons (Fsp3) is 0.333. The number of morpholine rings is 1. The molecule has 2 amide bonds. The van der Waals surface area contributed by atoms with Gasteiger partial charge in [-0.3, -0.25) is 9.59 Å². The molecule has 0 radical (unpaired) electrons. The van der Waals surface area contributed by atoms with E-state index in [4.69, 9.17) is 33.7 Å². The van der Waals surface area contributed by atoms with E-state index in [2.05, 4.69) is 6.58 Å². The summed E-state index contributed by atoms with van der Waals surface area (Å²) < 4.78 is 6.31. The van der Waals surface area contributed by atoms with Crippen molar-refractivity contribution in [2.24, 2.45) is 5.73 Å². The van der Waals surface area contributed by atoms with Gasteiger partial charge >= 0.3 is 0 Å². The van der Waals surface area contributed by atoms with Crippen molar-refractivity contribution >= 4 is 35.0 Å². The zero-order valence-corrected chi connectivity index (χ0v) is 18.9. The smallest absolute Gasteiger partial charge is 0.253 e. The maximum absolute atomic E-state index is 13.5. The minimum Gasteiger partial charge on any atom is -0.368 e. The lowest BCUT2D eigenvalue weighted by Crippen LogP contribution is -2.58. The largest absolute Gasteiger partial charge is 0.368 e. The lowest BCUT2D eigenvalue weighted by molar-refractivity contribution is -0.180. The van der Waals surface area contributed by atoms with Crippen molar-refractivity contribution in [1.29, 1.82) is 0 Å². The minimum absolute atomic E-state index is 0.276. The number of hydrogen-bond acceptors (Lipinski definition) is 3. The predicted octanol–water partition coefficient (Wildman–Crippen LogP) is 5.23. The van der Waals surface area contributed by atoms with Gasteiger partial charge in [0.2, 0.25) is 5.91 Å². The van der Waals surface area contributed by atoms with Crippen molar-refractivity contribution in [3.8, 4) is 0 Å². The summed E-state index contributed by atoms with van der Waals surface area (Å²) in [4.78, 5) is 27.6. The van der Waals surface area contributed by atoms with Crippen LogP contribution in [-0.2, 0) is 14.3 Å². The molecule has 1 heterocycles. The Morgan fingerprint density at radius 3 is 2.16 bits per heavy atom. The SMILES string of the molecule is C=CC[C@@H]1O[C@@H](c2ccc(Cl)cc2)[C@@H](c2ccc(Cl)cc2)N([C@H](CCC)C(N)=O)C1=O. The van der Waals surface area contributed by atoms with Gasteiger partial charge in [-0.05, 0) is 41.8 Å². The van der Waals surface area contributed by atoms with Crippen molar-refractivity contribution in [3.05, 3.63) is 82.4 Å². The molecule has 0 aromatic heterocycles. The van der Waals surface area contributed by atoms with Gasteiger partial charge in [0.05, 0.1) is 6.04 Å². The first-order valence-electron chi connectivity index (χ1n) is 10.3. The summed E-state index contributed by atoms with van der Waals surface area (Å²) in [7, 11) is 0. The number of benzene rings is 2. The second kappa shape index (κ2) is 10.3. The van der Waals surface area contributed by atoms with Crippen LogP contribution in [0, 0.1) is 0 Å². The average molecular weight is 461 g/mol. The van der Waals surface area contributed by atoms with Gasteiger partial charge in [0.1, 0.15) is 18.2 Å². The number of nitrogens with zero attached hydrogens (tertiary/aromatic N) is 1. The van der Waals surface area contributed by atoms with Gasteiger partial charge in [-0.15, -0.1) is 6.58 Å². The standard InChI is InChI=1S/C24H26Cl2N2O3/c1-3-5-19(23(27)29)28-21(15-7-11-17(25)12-8-15)22(16-9-13-18(26)14-10-16)31-20(6-4-2)24(28)30/h4,7-14,19-22H,2-3,5-6H2,1H3,(H2,27,29)/t19-,20+,21-,22+/m1/s1. The van der Waals surface area contributed by atoms with E-state index in [1.165, 1.54) is 0 Å². The Hall–Kier alpha value is -2.34. The number of halogens is 2. The molecule has 2 aromatic rings. The van der Waals surface area contributed by atoms with Crippen LogP contribution in [0.3, 0.4) is 0 Å². The molecule has 164 valence electrons. The van der Waals surface area contributed by atoms with Crippen molar-refractivity contribution in [2.75, 3.05) is 0 Å². The summed E-state index contributed by atoms with van der Waals surface area (Å²) in [5.74, 6) is -0.814. The molecule has 4 atom stereocenters. The molecule has 2 N–H and O–H groups in total. The third-order valence-electron chi connectivity index (χ3n) is 5.44. The highest BCUT2D eigenvalue weighted by atomic mass is 35.5. The molecule has 3 rings (SSSR count). The highest BCUT2D eigenvalue weighted by Crippen LogP contribution is 2.44. The van der Waals surface area contributed by atoms with Crippen LogP contribution in [-0.4, -0.2) is 28.9 Å². The van der Waals surface area contributed by atoms with E-state index in [9.17, 15) is 9.59 Å². The molecule has 1 fully saturated rings. The maximum atomic E-state index is 13.5. The molecular weight excluding hydrogens is 435 g/mol. The van der Waals surface area contributed by atoms with Crippen LogP contribution in [0.25, 0.3) is 0 Å². The normalized spacial score (nSPS) is 22.2. The van der Waals surface area contributed by atoms with Crippen LogP contribution < -0.4 is 5.73 Å². The van der Waals surface area contributed by atoms with Crippen LogP contribution in [0.5, 0.6) is 0 Å². The highest BCUT2D eigenvalue weighted by Gasteiger charge is 2.47. The van der Waals surface area contributed by atoms with Crippen molar-refractivity contribution in [3.63, 3.8) is 0 Å². The van der Waals surface area contributed by atoms with Gasteiger partial charge < -0.3 is 15.4 Å². The number of carbonyl (C=O) groups is 2. The summed E-state index contributed by atoms with van der Waals surface area (Å²) in [5.41, 5.74) is 7.42. The van der Waals surface area contributed by atoms with E-state index in [1.54, 1.807) is 35.2 Å². The number of ether oxygens (including phenoxy) is 1. The van der Waals surface area contributed by atoms with Gasteiger partial charge in [-0.1, -0.05) is 66.9 Å². The topological polar surface area (TPSA) is 72.6 Å². The highest BCUT2D eigenvalue weighted by molar-refractivity contribution is 6.30. The summed E-state index contributed by atoms with van der Waals surface area (Å²) in [6, 6.07) is 13.2. The minimum atomic E-state index is -0.763. The van der Waals surface area contributed by atoms with E-state index in [1.807, 2.05) is 31.2 Å². The first-order valence-corrected chi connectivity index (χ1v) is 11.0. The van der Waals surface area contributed by atoms with Gasteiger partial charge in [0.15, 0.2) is 0 Å². The van der Waals surface area contributed by atoms with Crippen LogP contribution in [0.1, 0.15) is 49.5 Å². The Balaban J connectivity index is 2.18. The summed E-state index contributed by atoms with van der Waals surface area (Å²) in [5, 5.41) is 1.17. The fourth-order valence-electron chi connectivity index (χ4n) is 4.01. The number of amides is 2. The molecule has 0 spiro atoms. The molecule has 1 saturated heterocycles. The fourth-order valence-corrected chi connectivity index (χ4v) is 4.27. The number of carbonyl (C=O) groups excluding carboxylic acids is 2. The average Bonchev–Trinajstić information content (AvgIpc) is 2.75. The third kappa shape index (κ3) is 5.12. The Labute approximate surface area is 192 Å². The Kier molecular flexibility index (Phi) is 7.76. The third-order valence-corrected chi connectivity index (χ3v) is 5.95. The van der Waals surface area contributed by atoms with E-state index < -0.39 is 30.2 Å². The lowest BCUT2D eigenvalue weighted by atomic mass is 9.89. The number of hydrogen-bond donors (Lipinski definition) is 1. The molecule has 31 heavy (non-hydrogen) atoms. The van der Waals surface area contributed by atoms with Crippen LogP contribution in [0.2, 0.25) is 10.0 Å². The van der Waals surface area contributed by atoms with E-state index >= 15 is 0 Å². The first-order chi connectivity index (χ1) is 14.9. The quantitative estimate of drug-likeness (QED) is 0.547. The molecule has 1 aliphatic rings. The monoisotopic (exact) mass is 460 g/mol. The van der Waals surface area contributed by atoms with Gasteiger partial charge in [-0.25, -0.2) is 0 Å². The molecule has 2 aromatic carbocycles. The van der Waals surface area contributed by atoms with Crippen molar-refractivity contribution < 1.29 is 14.3 Å². The van der Waals surface area contributed by atoms with Crippen molar-refractivity contribution in [1.82, 2.24) is 4.90 Å². The molecule has 7 heteroatoms. The molecule has 0 saturated carbocycles. The molecule has 0 bridgehead atoms. The number of primary amides is 1. The first kappa shape index (κ1) is 23.3. The second-order valence-corrected chi connectivity index (χ2v) is 8.44. The molecule has 0 aliphatic carbocycles.